The van der Waals surface area contributed by atoms with Crippen LogP contribution in [0.25, 0.3) is 10.9 Å². The summed E-state index contributed by atoms with van der Waals surface area (Å²) in [6.07, 6.45) is 10.6. The summed E-state index contributed by atoms with van der Waals surface area (Å²) in [5.74, 6) is 0.566. The quantitative estimate of drug-likeness (QED) is 0.453. The second kappa shape index (κ2) is 10.3. The molecule has 2 saturated carbocycles. The van der Waals surface area contributed by atoms with Crippen LogP contribution in [-0.2, 0) is 17.9 Å². The van der Waals surface area contributed by atoms with Gasteiger partial charge in [0.05, 0.1) is 23.8 Å². The van der Waals surface area contributed by atoms with Gasteiger partial charge in [0, 0.05) is 11.9 Å². The Balaban J connectivity index is 1.34. The van der Waals surface area contributed by atoms with Crippen molar-refractivity contribution in [2.75, 3.05) is 0 Å². The van der Waals surface area contributed by atoms with Crippen LogP contribution in [-0.4, -0.2) is 27.3 Å². The second-order valence-corrected chi connectivity index (χ2v) is 10.5. The maximum absolute atomic E-state index is 13.6. The molecule has 3 aromatic rings. The molecule has 1 heterocycles. The molecule has 5 rings (SSSR count). The number of hydrogen-bond acceptors (Lipinski definition) is 3. The summed E-state index contributed by atoms with van der Waals surface area (Å²) in [4.78, 5) is 13.6. The lowest BCUT2D eigenvalue weighted by molar-refractivity contribution is -0.0399. The van der Waals surface area contributed by atoms with Crippen LogP contribution in [0.1, 0.15) is 80.8 Å². The molecule has 1 amide bonds. The first-order valence-electron chi connectivity index (χ1n) is 13.1. The van der Waals surface area contributed by atoms with Crippen LogP contribution in [0.4, 0.5) is 0 Å². The monoisotopic (exact) mass is 459 g/mol. The molecule has 2 aromatic carbocycles. The fraction of sp³-hybridized carbons (Fsp3) is 0.517. The molecule has 1 N–H and O–H groups in total. The number of nitrogens with one attached hydrogen (secondary N) is 1. The Hall–Kier alpha value is -2.66. The number of benzene rings is 2. The number of rotatable bonds is 7. The molecule has 2 aliphatic carbocycles. The molecule has 34 heavy (non-hydrogen) atoms. The van der Waals surface area contributed by atoms with Gasteiger partial charge < -0.3 is 10.1 Å². The van der Waals surface area contributed by atoms with E-state index in [1.807, 2.05) is 36.4 Å². The van der Waals surface area contributed by atoms with Gasteiger partial charge in [0.25, 0.3) is 5.91 Å². The third-order valence-corrected chi connectivity index (χ3v) is 7.85. The Labute approximate surface area is 202 Å². The summed E-state index contributed by atoms with van der Waals surface area (Å²) >= 11 is 0. The number of ether oxygens (including phenoxy) is 1. The fourth-order valence-corrected chi connectivity index (χ4v) is 5.85. The lowest BCUT2D eigenvalue weighted by Gasteiger charge is -2.41. The zero-order valence-electron chi connectivity index (χ0n) is 20.3. The predicted molar refractivity (Wildman–Crippen MR) is 136 cm³/mol. The first kappa shape index (κ1) is 23.1. The van der Waals surface area contributed by atoms with Crippen molar-refractivity contribution in [2.24, 2.45) is 5.92 Å². The van der Waals surface area contributed by atoms with E-state index < -0.39 is 5.54 Å². The summed E-state index contributed by atoms with van der Waals surface area (Å²) < 4.78 is 8.45. The molecule has 0 spiro atoms. The molecule has 0 unspecified atom stereocenters. The van der Waals surface area contributed by atoms with E-state index in [4.69, 9.17) is 9.84 Å². The van der Waals surface area contributed by atoms with Gasteiger partial charge in [-0.15, -0.1) is 0 Å². The van der Waals surface area contributed by atoms with Crippen LogP contribution < -0.4 is 5.32 Å². The minimum absolute atomic E-state index is 0.0130. The van der Waals surface area contributed by atoms with Crippen LogP contribution >= 0.6 is 0 Å². The van der Waals surface area contributed by atoms with Crippen molar-refractivity contribution < 1.29 is 9.53 Å². The van der Waals surface area contributed by atoms with Crippen molar-refractivity contribution in [3.63, 3.8) is 0 Å². The number of nitrogens with zero attached hydrogens (tertiary/aromatic N) is 2. The van der Waals surface area contributed by atoms with Gasteiger partial charge in [-0.05, 0) is 50.2 Å². The molecular formula is C29H37N3O2. The molecule has 180 valence electrons. The lowest BCUT2D eigenvalue weighted by Crippen LogP contribution is -2.56. The Morgan fingerprint density at radius 2 is 1.74 bits per heavy atom. The molecule has 2 atom stereocenters. The van der Waals surface area contributed by atoms with Gasteiger partial charge in [-0.3, -0.25) is 9.48 Å². The SMILES string of the molecule is C[C@]1(NC(=O)c2nn(CC3CCCCC3)c3ccccc23)CCCC[C@@H]1OCc1ccccc1. The molecule has 1 aromatic heterocycles. The van der Waals surface area contributed by atoms with Gasteiger partial charge in [0.15, 0.2) is 5.69 Å². The molecule has 5 nitrogen and oxygen atoms in total. The predicted octanol–water partition coefficient (Wildman–Crippen LogP) is 6.26. The van der Waals surface area contributed by atoms with Gasteiger partial charge in [-0.2, -0.15) is 5.10 Å². The second-order valence-electron chi connectivity index (χ2n) is 10.5. The highest BCUT2D eigenvalue weighted by Crippen LogP contribution is 2.32. The van der Waals surface area contributed by atoms with E-state index in [0.29, 0.717) is 18.2 Å². The smallest absolute Gasteiger partial charge is 0.272 e. The fourth-order valence-electron chi connectivity index (χ4n) is 5.85. The molecular weight excluding hydrogens is 422 g/mol. The van der Waals surface area contributed by atoms with Crippen LogP contribution in [0.5, 0.6) is 0 Å². The van der Waals surface area contributed by atoms with Crippen LogP contribution in [0, 0.1) is 5.92 Å². The maximum atomic E-state index is 13.6. The zero-order chi connectivity index (χ0) is 23.4. The Morgan fingerprint density at radius 1 is 1.00 bits per heavy atom. The van der Waals surface area contributed by atoms with E-state index in [1.165, 1.54) is 32.1 Å². The summed E-state index contributed by atoms with van der Waals surface area (Å²) in [5.41, 5.74) is 2.36. The minimum atomic E-state index is -0.404. The number of para-hydroxylation sites is 1. The third kappa shape index (κ3) is 5.05. The van der Waals surface area contributed by atoms with Crippen LogP contribution in [0.2, 0.25) is 0 Å². The van der Waals surface area contributed by atoms with Gasteiger partial charge in [0.2, 0.25) is 0 Å². The normalized spacial score (nSPS) is 23.7. The Morgan fingerprint density at radius 3 is 2.56 bits per heavy atom. The first-order valence-corrected chi connectivity index (χ1v) is 13.1. The molecule has 0 saturated heterocycles. The summed E-state index contributed by atoms with van der Waals surface area (Å²) in [7, 11) is 0. The van der Waals surface area contributed by atoms with Crippen molar-refractivity contribution in [3.05, 3.63) is 65.9 Å². The lowest BCUT2D eigenvalue weighted by atomic mass is 9.80. The van der Waals surface area contributed by atoms with Crippen LogP contribution in [0.15, 0.2) is 54.6 Å². The standard InChI is InChI=1S/C29H37N3O2/c1-29(19-11-10-18-26(29)34-21-23-14-6-3-7-15-23)30-28(33)27-24-16-8-9-17-25(24)32(31-27)20-22-12-4-2-5-13-22/h3,6-9,14-17,22,26H,2,4-5,10-13,18-21H2,1H3,(H,30,33)/t26-,29-/m0/s1. The van der Waals surface area contributed by atoms with Gasteiger partial charge >= 0.3 is 0 Å². The van der Waals surface area contributed by atoms with Crippen molar-refractivity contribution in [3.8, 4) is 0 Å². The summed E-state index contributed by atoms with van der Waals surface area (Å²) in [6, 6.07) is 18.4. The minimum Gasteiger partial charge on any atom is -0.371 e. The number of fused-ring (bicyclic) bond motifs is 1. The molecule has 2 fully saturated rings. The van der Waals surface area contributed by atoms with E-state index in [2.05, 4.69) is 35.1 Å². The van der Waals surface area contributed by atoms with E-state index in [1.54, 1.807) is 0 Å². The molecule has 5 heteroatoms. The zero-order valence-corrected chi connectivity index (χ0v) is 20.3. The van der Waals surface area contributed by atoms with Crippen molar-refractivity contribution in [1.82, 2.24) is 15.1 Å². The van der Waals surface area contributed by atoms with E-state index in [9.17, 15) is 4.79 Å². The van der Waals surface area contributed by atoms with Crippen LogP contribution in [0.3, 0.4) is 0 Å². The number of hydrogen-bond donors (Lipinski definition) is 1. The topological polar surface area (TPSA) is 56.2 Å². The molecule has 0 radical (unpaired) electrons. The average Bonchev–Trinajstić information content (AvgIpc) is 3.23. The molecule has 0 aliphatic heterocycles. The summed E-state index contributed by atoms with van der Waals surface area (Å²) in [5, 5.41) is 9.17. The van der Waals surface area contributed by atoms with Crippen molar-refractivity contribution in [2.45, 2.75) is 89.5 Å². The molecule has 0 bridgehead atoms. The highest BCUT2D eigenvalue weighted by molar-refractivity contribution is 6.05. The Kier molecular flexibility index (Phi) is 7.00. The number of carbonyl (C=O) groups excluding carboxylic acids is 1. The number of aromatic nitrogens is 2. The number of carbonyl (C=O) groups is 1. The highest BCUT2D eigenvalue weighted by atomic mass is 16.5. The van der Waals surface area contributed by atoms with Crippen molar-refractivity contribution >= 4 is 16.8 Å². The van der Waals surface area contributed by atoms with E-state index in [0.717, 1.165) is 48.7 Å². The van der Waals surface area contributed by atoms with Gasteiger partial charge in [-0.1, -0.05) is 80.6 Å². The highest BCUT2D eigenvalue weighted by Gasteiger charge is 2.39. The van der Waals surface area contributed by atoms with Gasteiger partial charge in [0.1, 0.15) is 0 Å². The summed E-state index contributed by atoms with van der Waals surface area (Å²) in [6.45, 7) is 3.60. The Bertz CT molecular complexity index is 1100. The largest absolute Gasteiger partial charge is 0.371 e. The maximum Gasteiger partial charge on any atom is 0.272 e. The molecule has 2 aliphatic rings. The van der Waals surface area contributed by atoms with E-state index in [-0.39, 0.29) is 12.0 Å². The van der Waals surface area contributed by atoms with E-state index >= 15 is 0 Å². The average molecular weight is 460 g/mol. The third-order valence-electron chi connectivity index (χ3n) is 7.85. The van der Waals surface area contributed by atoms with Crippen molar-refractivity contribution in [1.29, 1.82) is 0 Å². The first-order chi connectivity index (χ1) is 16.6. The number of amides is 1. The van der Waals surface area contributed by atoms with Gasteiger partial charge in [-0.25, -0.2) is 0 Å².